The maximum absolute atomic E-state index is 13.4. The van der Waals surface area contributed by atoms with Crippen molar-refractivity contribution in [2.75, 3.05) is 0 Å². The monoisotopic (exact) mass is 435 g/mol. The molecule has 0 unspecified atom stereocenters. The first-order chi connectivity index (χ1) is 15.5. The molecule has 32 heavy (non-hydrogen) atoms. The number of carbonyl (C=O) groups excluding carboxylic acids is 2. The predicted molar refractivity (Wildman–Crippen MR) is 118 cm³/mol. The summed E-state index contributed by atoms with van der Waals surface area (Å²) in [6.45, 7) is 1.73. The molecule has 7 nitrogen and oxygen atoms in total. The van der Waals surface area contributed by atoms with Gasteiger partial charge in [-0.2, -0.15) is 0 Å². The molecule has 0 spiro atoms. The van der Waals surface area contributed by atoms with E-state index in [2.05, 4.69) is 15.6 Å². The van der Waals surface area contributed by atoms with Gasteiger partial charge in [-0.15, -0.1) is 0 Å². The fourth-order valence-electron chi connectivity index (χ4n) is 2.66. The molecule has 0 radical (unpaired) electrons. The second kappa shape index (κ2) is 11.3. The van der Waals surface area contributed by atoms with Gasteiger partial charge in [0.05, 0.1) is 5.69 Å². The van der Waals surface area contributed by atoms with Gasteiger partial charge < -0.3 is 9.47 Å². The molecule has 3 aromatic carbocycles. The molecule has 3 rings (SSSR count). The molecule has 2 amide bonds. The molecule has 0 aliphatic heterocycles. The van der Waals surface area contributed by atoms with E-state index in [0.29, 0.717) is 11.3 Å². The number of carbonyl (C=O) groups is 2. The molecule has 0 saturated carbocycles. The smallest absolute Gasteiger partial charge is 0.414 e. The Hall–Kier alpha value is -4.20. The lowest BCUT2D eigenvalue weighted by atomic mass is 10.2. The van der Waals surface area contributed by atoms with Gasteiger partial charge in [0.2, 0.25) is 5.96 Å². The standard InChI is InChI=1S/C24H22FN3O4/c1-17-14-20(25)12-13-21(17)26-22(27-23(29)31-15-18-8-4-2-5-9-18)28-24(30)32-16-19-10-6-3-7-11-19/h2-14H,15-16H2,1H3,(H2,26,27,28,29,30). The van der Waals surface area contributed by atoms with Crippen molar-refractivity contribution in [2.45, 2.75) is 20.1 Å². The zero-order chi connectivity index (χ0) is 22.8. The number of amides is 2. The van der Waals surface area contributed by atoms with E-state index in [0.717, 1.165) is 11.1 Å². The Morgan fingerprint density at radius 1 is 0.812 bits per heavy atom. The molecule has 0 saturated heterocycles. The Kier molecular flexibility index (Phi) is 7.91. The Bertz CT molecular complexity index is 1030. The van der Waals surface area contributed by atoms with Gasteiger partial charge in [-0.05, 0) is 41.8 Å². The topological polar surface area (TPSA) is 89.0 Å². The molecule has 2 N–H and O–H groups in total. The van der Waals surface area contributed by atoms with Crippen LogP contribution in [-0.4, -0.2) is 18.1 Å². The van der Waals surface area contributed by atoms with E-state index in [1.165, 1.54) is 18.2 Å². The third-order valence-electron chi connectivity index (χ3n) is 4.26. The largest absolute Gasteiger partial charge is 0.444 e. The Morgan fingerprint density at radius 2 is 1.31 bits per heavy atom. The summed E-state index contributed by atoms with van der Waals surface area (Å²) in [6, 6.07) is 22.2. The van der Waals surface area contributed by atoms with E-state index in [9.17, 15) is 14.0 Å². The summed E-state index contributed by atoms with van der Waals surface area (Å²) in [4.78, 5) is 28.7. The van der Waals surface area contributed by atoms with Crippen LogP contribution in [-0.2, 0) is 22.7 Å². The number of hydrogen-bond donors (Lipinski definition) is 2. The third-order valence-corrected chi connectivity index (χ3v) is 4.26. The van der Waals surface area contributed by atoms with Crippen LogP contribution in [0.25, 0.3) is 0 Å². The van der Waals surface area contributed by atoms with Gasteiger partial charge in [-0.25, -0.2) is 19.0 Å². The number of aryl methyl sites for hydroxylation is 1. The average molecular weight is 435 g/mol. The summed E-state index contributed by atoms with van der Waals surface area (Å²) in [5.74, 6) is -0.635. The number of nitrogens with zero attached hydrogens (tertiary/aromatic N) is 1. The molecule has 0 aliphatic rings. The number of nitrogens with one attached hydrogen (secondary N) is 2. The SMILES string of the molecule is Cc1cc(F)ccc1N=C(NC(=O)OCc1ccccc1)NC(=O)OCc1ccccc1. The number of rotatable bonds is 5. The van der Waals surface area contributed by atoms with Crippen molar-refractivity contribution in [1.29, 1.82) is 0 Å². The Morgan fingerprint density at radius 3 is 1.78 bits per heavy atom. The molecular formula is C24H22FN3O4. The second-order valence-electron chi connectivity index (χ2n) is 6.76. The Labute approximate surface area is 184 Å². The van der Waals surface area contributed by atoms with Crippen LogP contribution < -0.4 is 10.6 Å². The quantitative estimate of drug-likeness (QED) is 0.437. The summed E-state index contributed by atoms with van der Waals surface area (Å²) < 4.78 is 23.7. The van der Waals surface area contributed by atoms with Crippen LogP contribution in [0.1, 0.15) is 16.7 Å². The molecule has 0 heterocycles. The van der Waals surface area contributed by atoms with Crippen molar-refractivity contribution in [3.05, 3.63) is 101 Å². The van der Waals surface area contributed by atoms with Crippen molar-refractivity contribution < 1.29 is 23.5 Å². The van der Waals surface area contributed by atoms with Gasteiger partial charge in [-0.1, -0.05) is 60.7 Å². The van der Waals surface area contributed by atoms with E-state index in [-0.39, 0.29) is 19.2 Å². The minimum absolute atomic E-state index is 0.0357. The van der Waals surface area contributed by atoms with Crippen LogP contribution in [0.4, 0.5) is 19.7 Å². The number of aliphatic imine (C=N–C) groups is 1. The zero-order valence-corrected chi connectivity index (χ0v) is 17.4. The third kappa shape index (κ3) is 7.24. The first-order valence-corrected chi connectivity index (χ1v) is 9.80. The minimum atomic E-state index is -0.823. The van der Waals surface area contributed by atoms with E-state index < -0.39 is 18.0 Å². The van der Waals surface area contributed by atoms with Crippen molar-refractivity contribution in [1.82, 2.24) is 10.6 Å². The molecule has 0 atom stereocenters. The Balaban J connectivity index is 1.67. The van der Waals surface area contributed by atoms with Crippen LogP contribution in [0.5, 0.6) is 0 Å². The molecule has 3 aromatic rings. The van der Waals surface area contributed by atoms with Crippen molar-refractivity contribution in [3.63, 3.8) is 0 Å². The highest BCUT2D eigenvalue weighted by Gasteiger charge is 2.13. The number of halogens is 1. The van der Waals surface area contributed by atoms with Crippen LogP contribution in [0.2, 0.25) is 0 Å². The van der Waals surface area contributed by atoms with Crippen LogP contribution in [0.15, 0.2) is 83.9 Å². The normalized spacial score (nSPS) is 10.1. The summed E-state index contributed by atoms with van der Waals surface area (Å²) in [7, 11) is 0. The van der Waals surface area contributed by atoms with E-state index in [4.69, 9.17) is 9.47 Å². The molecule has 8 heteroatoms. The first kappa shape index (κ1) is 22.5. The molecule has 0 fully saturated rings. The summed E-state index contributed by atoms with van der Waals surface area (Å²) in [5, 5.41) is 4.78. The van der Waals surface area contributed by atoms with Crippen molar-refractivity contribution in [3.8, 4) is 0 Å². The lowest BCUT2D eigenvalue weighted by Crippen LogP contribution is -2.44. The average Bonchev–Trinajstić information content (AvgIpc) is 2.79. The number of ether oxygens (including phenoxy) is 2. The van der Waals surface area contributed by atoms with E-state index in [1.807, 2.05) is 60.7 Å². The number of hydrogen-bond acceptors (Lipinski definition) is 5. The highest BCUT2D eigenvalue weighted by molar-refractivity contribution is 6.02. The van der Waals surface area contributed by atoms with E-state index >= 15 is 0 Å². The number of benzene rings is 3. The summed E-state index contributed by atoms with van der Waals surface area (Å²) in [6.07, 6.45) is -1.65. The lowest BCUT2D eigenvalue weighted by molar-refractivity contribution is 0.141. The first-order valence-electron chi connectivity index (χ1n) is 9.80. The minimum Gasteiger partial charge on any atom is -0.444 e. The van der Waals surface area contributed by atoms with Crippen LogP contribution >= 0.6 is 0 Å². The van der Waals surface area contributed by atoms with Gasteiger partial charge in [-0.3, -0.25) is 10.6 Å². The molecular weight excluding hydrogens is 413 g/mol. The number of alkyl carbamates (subject to hydrolysis) is 2. The second-order valence-corrected chi connectivity index (χ2v) is 6.76. The van der Waals surface area contributed by atoms with Crippen LogP contribution in [0.3, 0.4) is 0 Å². The summed E-state index contributed by atoms with van der Waals surface area (Å²) >= 11 is 0. The summed E-state index contributed by atoms with van der Waals surface area (Å²) in [5.41, 5.74) is 2.46. The van der Waals surface area contributed by atoms with Gasteiger partial charge in [0, 0.05) is 0 Å². The fourth-order valence-corrected chi connectivity index (χ4v) is 2.66. The fraction of sp³-hybridized carbons (Fsp3) is 0.125. The maximum Gasteiger partial charge on any atom is 0.414 e. The predicted octanol–water partition coefficient (Wildman–Crippen LogP) is 4.97. The van der Waals surface area contributed by atoms with Crippen molar-refractivity contribution in [2.24, 2.45) is 4.99 Å². The van der Waals surface area contributed by atoms with Crippen molar-refractivity contribution >= 4 is 23.8 Å². The van der Waals surface area contributed by atoms with Gasteiger partial charge in [0.25, 0.3) is 0 Å². The van der Waals surface area contributed by atoms with Gasteiger partial charge >= 0.3 is 12.2 Å². The van der Waals surface area contributed by atoms with Gasteiger partial charge in [0.15, 0.2) is 0 Å². The lowest BCUT2D eigenvalue weighted by Gasteiger charge is -2.12. The van der Waals surface area contributed by atoms with E-state index in [1.54, 1.807) is 6.92 Å². The van der Waals surface area contributed by atoms with Gasteiger partial charge in [0.1, 0.15) is 19.0 Å². The highest BCUT2D eigenvalue weighted by atomic mass is 19.1. The molecule has 0 bridgehead atoms. The molecule has 0 aromatic heterocycles. The number of guanidine groups is 1. The highest BCUT2D eigenvalue weighted by Crippen LogP contribution is 2.19. The maximum atomic E-state index is 13.4. The molecule has 0 aliphatic carbocycles. The molecule has 164 valence electrons. The zero-order valence-electron chi connectivity index (χ0n) is 17.4. The van der Waals surface area contributed by atoms with Crippen LogP contribution in [0, 0.1) is 12.7 Å².